The number of rotatable bonds is 9. The molecule has 0 aromatic rings. The molecule has 26 heavy (non-hydrogen) atoms. The van der Waals surface area contributed by atoms with Crippen molar-refractivity contribution in [3.05, 3.63) is 0 Å². The van der Waals surface area contributed by atoms with Crippen molar-refractivity contribution in [2.24, 2.45) is 16.3 Å². The molecule has 0 atom stereocenters. The van der Waals surface area contributed by atoms with Gasteiger partial charge in [0.1, 0.15) is 0 Å². The normalized spacial score (nSPS) is 19.0. The predicted octanol–water partition coefficient (Wildman–Crippen LogP) is 2.58. The molecule has 0 spiro atoms. The summed E-state index contributed by atoms with van der Waals surface area (Å²) >= 11 is 0. The van der Waals surface area contributed by atoms with Crippen molar-refractivity contribution >= 4 is 35.8 Å². The van der Waals surface area contributed by atoms with Crippen molar-refractivity contribution in [2.45, 2.75) is 45.4 Å². The molecule has 2 aliphatic rings. The van der Waals surface area contributed by atoms with E-state index in [2.05, 4.69) is 17.1 Å². The molecule has 0 unspecified atom stereocenters. The smallest absolute Gasteiger partial charge is 0.230 e. The minimum absolute atomic E-state index is 0. The molecular weight excluding hydrogens is 443 g/mol. The Morgan fingerprint density at radius 2 is 1.88 bits per heavy atom. The Labute approximate surface area is 176 Å². The standard InChI is InChI=1S/C19H36N4O2.HI/c1-5-20-18(23(4)12-13-25-14-16-8-9-16)21-15-19(10-6-7-11-19)17(24)22(2)3;/h16H,5-15H2,1-4H3,(H,20,21);1H. The average molecular weight is 480 g/mol. The molecule has 2 saturated carbocycles. The molecule has 152 valence electrons. The van der Waals surface area contributed by atoms with E-state index < -0.39 is 0 Å². The summed E-state index contributed by atoms with van der Waals surface area (Å²) in [5.41, 5.74) is -0.312. The van der Waals surface area contributed by atoms with Gasteiger partial charge in [-0.25, -0.2) is 0 Å². The van der Waals surface area contributed by atoms with Crippen molar-refractivity contribution in [3.8, 4) is 0 Å². The molecule has 6 nitrogen and oxygen atoms in total. The van der Waals surface area contributed by atoms with E-state index in [4.69, 9.17) is 9.73 Å². The molecular formula is C19H37IN4O2. The molecule has 0 saturated heterocycles. The molecule has 1 N–H and O–H groups in total. The van der Waals surface area contributed by atoms with Gasteiger partial charge in [0.2, 0.25) is 5.91 Å². The first kappa shape index (κ1) is 23.5. The molecule has 7 heteroatoms. The van der Waals surface area contributed by atoms with Crippen LogP contribution in [0.3, 0.4) is 0 Å². The zero-order valence-corrected chi connectivity index (χ0v) is 19.3. The molecule has 2 rings (SSSR count). The van der Waals surface area contributed by atoms with Crippen LogP contribution < -0.4 is 5.32 Å². The topological polar surface area (TPSA) is 57.2 Å². The van der Waals surface area contributed by atoms with Crippen LogP contribution in [0, 0.1) is 11.3 Å². The lowest BCUT2D eigenvalue weighted by molar-refractivity contribution is -0.138. The first-order valence-corrected chi connectivity index (χ1v) is 9.77. The lowest BCUT2D eigenvalue weighted by Gasteiger charge is -2.30. The summed E-state index contributed by atoms with van der Waals surface area (Å²) in [6, 6.07) is 0. The Morgan fingerprint density at radius 3 is 2.42 bits per heavy atom. The van der Waals surface area contributed by atoms with Crippen LogP contribution in [0.2, 0.25) is 0 Å². The van der Waals surface area contributed by atoms with E-state index in [1.165, 1.54) is 12.8 Å². The van der Waals surface area contributed by atoms with Gasteiger partial charge in [0.05, 0.1) is 18.6 Å². The first-order valence-electron chi connectivity index (χ1n) is 9.77. The number of hydrogen-bond acceptors (Lipinski definition) is 3. The van der Waals surface area contributed by atoms with Crippen LogP contribution in [-0.2, 0) is 9.53 Å². The second kappa shape index (κ2) is 11.3. The van der Waals surface area contributed by atoms with E-state index in [9.17, 15) is 4.79 Å². The maximum atomic E-state index is 12.7. The predicted molar refractivity (Wildman–Crippen MR) is 117 cm³/mol. The zero-order valence-electron chi connectivity index (χ0n) is 16.9. The number of halogens is 1. The lowest BCUT2D eigenvalue weighted by Crippen LogP contribution is -2.44. The summed E-state index contributed by atoms with van der Waals surface area (Å²) in [5, 5.41) is 3.35. The maximum Gasteiger partial charge on any atom is 0.230 e. The maximum absolute atomic E-state index is 12.7. The molecule has 0 bridgehead atoms. The Morgan fingerprint density at radius 1 is 1.23 bits per heavy atom. The van der Waals surface area contributed by atoms with Gasteiger partial charge in [-0.1, -0.05) is 12.8 Å². The van der Waals surface area contributed by atoms with E-state index in [0.717, 1.165) is 63.9 Å². The van der Waals surface area contributed by atoms with Crippen LogP contribution in [0.5, 0.6) is 0 Å². The Kier molecular flexibility index (Phi) is 10.2. The number of carbonyl (C=O) groups excluding carboxylic acids is 1. The summed E-state index contributed by atoms with van der Waals surface area (Å²) in [4.78, 5) is 21.4. The van der Waals surface area contributed by atoms with Crippen molar-refractivity contribution in [2.75, 3.05) is 54.0 Å². The highest BCUT2D eigenvalue weighted by molar-refractivity contribution is 14.0. The van der Waals surface area contributed by atoms with Gasteiger partial charge in [-0.05, 0) is 38.5 Å². The van der Waals surface area contributed by atoms with Crippen LogP contribution in [0.25, 0.3) is 0 Å². The zero-order chi connectivity index (χ0) is 18.3. The second-order valence-electron chi connectivity index (χ2n) is 7.80. The van der Waals surface area contributed by atoms with E-state index in [0.29, 0.717) is 6.54 Å². The van der Waals surface area contributed by atoms with Crippen LogP contribution in [0.4, 0.5) is 0 Å². The largest absolute Gasteiger partial charge is 0.379 e. The minimum Gasteiger partial charge on any atom is -0.379 e. The van der Waals surface area contributed by atoms with Gasteiger partial charge in [0, 0.05) is 40.8 Å². The van der Waals surface area contributed by atoms with Crippen LogP contribution in [0.1, 0.15) is 45.4 Å². The summed E-state index contributed by atoms with van der Waals surface area (Å²) in [6.45, 7) is 5.89. The minimum atomic E-state index is -0.312. The number of hydrogen-bond donors (Lipinski definition) is 1. The third kappa shape index (κ3) is 6.87. The van der Waals surface area contributed by atoms with Crippen molar-refractivity contribution in [3.63, 3.8) is 0 Å². The number of amides is 1. The molecule has 0 aliphatic heterocycles. The van der Waals surface area contributed by atoms with Crippen LogP contribution in [0.15, 0.2) is 4.99 Å². The van der Waals surface area contributed by atoms with E-state index in [1.807, 2.05) is 21.1 Å². The Balaban J connectivity index is 0.00000338. The van der Waals surface area contributed by atoms with E-state index in [-0.39, 0.29) is 35.3 Å². The van der Waals surface area contributed by atoms with Gasteiger partial charge in [0.25, 0.3) is 0 Å². The van der Waals surface area contributed by atoms with Crippen molar-refractivity contribution < 1.29 is 9.53 Å². The van der Waals surface area contributed by atoms with Crippen LogP contribution in [-0.4, -0.2) is 75.7 Å². The molecule has 0 aromatic heterocycles. The summed E-state index contributed by atoms with van der Waals surface area (Å²) in [5.74, 6) is 1.89. The van der Waals surface area contributed by atoms with Gasteiger partial charge >= 0.3 is 0 Å². The number of likely N-dealkylation sites (N-methyl/N-ethyl adjacent to an activating group) is 1. The Hall–Kier alpha value is -0.570. The summed E-state index contributed by atoms with van der Waals surface area (Å²) < 4.78 is 5.74. The fourth-order valence-electron chi connectivity index (χ4n) is 3.50. The van der Waals surface area contributed by atoms with Crippen LogP contribution >= 0.6 is 24.0 Å². The second-order valence-corrected chi connectivity index (χ2v) is 7.80. The highest BCUT2D eigenvalue weighted by Gasteiger charge is 2.42. The van der Waals surface area contributed by atoms with Gasteiger partial charge in [-0.3, -0.25) is 9.79 Å². The van der Waals surface area contributed by atoms with Gasteiger partial charge in [-0.2, -0.15) is 0 Å². The third-order valence-electron chi connectivity index (χ3n) is 5.27. The van der Waals surface area contributed by atoms with Gasteiger partial charge < -0.3 is 19.9 Å². The summed E-state index contributed by atoms with van der Waals surface area (Å²) in [7, 11) is 5.73. The van der Waals surface area contributed by atoms with Crippen molar-refractivity contribution in [1.29, 1.82) is 0 Å². The summed E-state index contributed by atoms with van der Waals surface area (Å²) in [6.07, 6.45) is 6.78. The molecule has 2 aliphatic carbocycles. The lowest BCUT2D eigenvalue weighted by atomic mass is 9.85. The quantitative estimate of drug-likeness (QED) is 0.239. The number of ether oxygens (including phenoxy) is 1. The highest BCUT2D eigenvalue weighted by Crippen LogP contribution is 2.39. The number of guanidine groups is 1. The molecule has 2 fully saturated rings. The Bertz CT molecular complexity index is 460. The highest BCUT2D eigenvalue weighted by atomic mass is 127. The molecule has 0 aromatic carbocycles. The molecule has 1 amide bonds. The van der Waals surface area contributed by atoms with Gasteiger partial charge in [0.15, 0.2) is 5.96 Å². The SMILES string of the molecule is CCNC(=NCC1(C(=O)N(C)C)CCCC1)N(C)CCOCC1CC1.I. The first-order chi connectivity index (χ1) is 12.0. The third-order valence-corrected chi connectivity index (χ3v) is 5.27. The fraction of sp³-hybridized carbons (Fsp3) is 0.895. The number of aliphatic imine (C=N–C) groups is 1. The monoisotopic (exact) mass is 480 g/mol. The number of carbonyl (C=O) groups is 1. The average Bonchev–Trinajstić information content (AvgIpc) is 3.30. The van der Waals surface area contributed by atoms with Gasteiger partial charge in [-0.15, -0.1) is 24.0 Å². The number of nitrogens with zero attached hydrogens (tertiary/aromatic N) is 3. The molecule has 0 heterocycles. The van der Waals surface area contributed by atoms with E-state index in [1.54, 1.807) is 4.90 Å². The van der Waals surface area contributed by atoms with E-state index >= 15 is 0 Å². The van der Waals surface area contributed by atoms with Crippen molar-refractivity contribution in [1.82, 2.24) is 15.1 Å². The fourth-order valence-corrected chi connectivity index (χ4v) is 3.50. The number of nitrogens with one attached hydrogen (secondary N) is 1. The molecule has 0 radical (unpaired) electrons.